The van der Waals surface area contributed by atoms with Crippen LogP contribution in [0.15, 0.2) is 36.5 Å². The van der Waals surface area contributed by atoms with E-state index in [1.807, 2.05) is 0 Å². The van der Waals surface area contributed by atoms with Crippen LogP contribution in [-0.4, -0.2) is 31.9 Å². The average Bonchev–Trinajstić information content (AvgIpc) is 2.98. The van der Waals surface area contributed by atoms with Crippen molar-refractivity contribution < 1.29 is 19.6 Å². The van der Waals surface area contributed by atoms with Crippen molar-refractivity contribution in [3.05, 3.63) is 63.5 Å². The molecular weight excluding hydrogens is 328 g/mol. The van der Waals surface area contributed by atoms with Crippen molar-refractivity contribution in [2.24, 2.45) is 0 Å². The number of non-ortho nitro benzene ring substituents is 1. The van der Waals surface area contributed by atoms with E-state index in [4.69, 9.17) is 5.11 Å². The van der Waals surface area contributed by atoms with Crippen molar-refractivity contribution in [1.29, 1.82) is 0 Å². The fourth-order valence-corrected chi connectivity index (χ4v) is 2.37. The Hall–Kier alpha value is -3.75. The number of nitro groups is 1. The number of carbonyl (C=O) groups is 2. The van der Waals surface area contributed by atoms with E-state index in [-0.39, 0.29) is 16.9 Å². The molecule has 0 bridgehead atoms. The van der Waals surface area contributed by atoms with Gasteiger partial charge in [0.15, 0.2) is 0 Å². The second kappa shape index (κ2) is 6.04. The van der Waals surface area contributed by atoms with Gasteiger partial charge < -0.3 is 15.4 Å². The van der Waals surface area contributed by atoms with Gasteiger partial charge in [-0.2, -0.15) is 0 Å². The number of aromatic amines is 1. The van der Waals surface area contributed by atoms with E-state index in [2.05, 4.69) is 15.3 Å². The summed E-state index contributed by atoms with van der Waals surface area (Å²) in [5.74, 6) is -1.63. The molecule has 0 radical (unpaired) electrons. The van der Waals surface area contributed by atoms with E-state index in [1.165, 1.54) is 30.5 Å². The van der Waals surface area contributed by atoms with Crippen LogP contribution in [-0.2, 0) is 0 Å². The van der Waals surface area contributed by atoms with Gasteiger partial charge >= 0.3 is 5.97 Å². The maximum atomic E-state index is 12.4. The molecule has 9 nitrogen and oxygen atoms in total. The van der Waals surface area contributed by atoms with E-state index in [9.17, 15) is 19.7 Å². The third-order valence-corrected chi connectivity index (χ3v) is 3.63. The maximum absolute atomic E-state index is 12.4. The molecule has 0 aliphatic rings. The molecule has 9 heteroatoms. The number of carboxylic acids is 1. The van der Waals surface area contributed by atoms with Crippen LogP contribution < -0.4 is 5.32 Å². The molecule has 0 atom stereocenters. The minimum absolute atomic E-state index is 0.0134. The first kappa shape index (κ1) is 16.1. The summed E-state index contributed by atoms with van der Waals surface area (Å²) in [6, 6.07) is 7.00. The Bertz CT molecular complexity index is 1020. The third kappa shape index (κ3) is 3.15. The predicted octanol–water partition coefficient (Wildman–Crippen LogP) is 2.73. The summed E-state index contributed by atoms with van der Waals surface area (Å²) in [4.78, 5) is 40.3. The number of hydrogen-bond acceptors (Lipinski definition) is 5. The van der Waals surface area contributed by atoms with Gasteiger partial charge in [0.2, 0.25) is 0 Å². The SMILES string of the molecule is Cc1ccc([N+](=O)[O-])cc1C(=O)Nc1cnc2[nH]c(C(=O)O)cc2c1. The van der Waals surface area contributed by atoms with Crippen molar-refractivity contribution >= 4 is 34.3 Å². The van der Waals surface area contributed by atoms with Crippen molar-refractivity contribution in [3.8, 4) is 0 Å². The van der Waals surface area contributed by atoms with Crippen molar-refractivity contribution in [2.45, 2.75) is 6.92 Å². The van der Waals surface area contributed by atoms with E-state index >= 15 is 0 Å². The first-order chi connectivity index (χ1) is 11.8. The number of rotatable bonds is 4. The van der Waals surface area contributed by atoms with Gasteiger partial charge in [0, 0.05) is 23.1 Å². The zero-order valence-electron chi connectivity index (χ0n) is 12.9. The van der Waals surface area contributed by atoms with Crippen LogP contribution in [0.2, 0.25) is 0 Å². The summed E-state index contributed by atoms with van der Waals surface area (Å²) in [5, 5.41) is 23.0. The molecule has 2 aromatic heterocycles. The molecule has 1 amide bonds. The number of fused-ring (bicyclic) bond motifs is 1. The lowest BCUT2D eigenvalue weighted by Gasteiger charge is -2.07. The number of pyridine rings is 1. The van der Waals surface area contributed by atoms with Gasteiger partial charge in [-0.1, -0.05) is 6.07 Å². The lowest BCUT2D eigenvalue weighted by Crippen LogP contribution is -2.13. The smallest absolute Gasteiger partial charge is 0.352 e. The van der Waals surface area contributed by atoms with Gasteiger partial charge in [0.1, 0.15) is 11.3 Å². The summed E-state index contributed by atoms with van der Waals surface area (Å²) in [7, 11) is 0. The fourth-order valence-electron chi connectivity index (χ4n) is 2.37. The number of aromatic carboxylic acids is 1. The van der Waals surface area contributed by atoms with Gasteiger partial charge in [-0.05, 0) is 24.6 Å². The number of nitrogens with one attached hydrogen (secondary N) is 2. The minimum Gasteiger partial charge on any atom is -0.477 e. The zero-order valence-corrected chi connectivity index (χ0v) is 12.9. The summed E-state index contributed by atoms with van der Waals surface area (Å²) in [5.41, 5.74) is 1.30. The summed E-state index contributed by atoms with van der Waals surface area (Å²) in [6.45, 7) is 1.67. The van der Waals surface area contributed by atoms with Gasteiger partial charge in [-0.3, -0.25) is 14.9 Å². The van der Waals surface area contributed by atoms with Crippen molar-refractivity contribution in [2.75, 3.05) is 5.32 Å². The molecule has 0 aliphatic carbocycles. The predicted molar refractivity (Wildman–Crippen MR) is 88.8 cm³/mol. The molecule has 1 aromatic carbocycles. The molecule has 3 rings (SSSR count). The zero-order chi connectivity index (χ0) is 18.1. The average molecular weight is 340 g/mol. The van der Waals surface area contributed by atoms with Crippen LogP contribution in [0.4, 0.5) is 11.4 Å². The molecular formula is C16H12N4O5. The maximum Gasteiger partial charge on any atom is 0.352 e. The van der Waals surface area contributed by atoms with Gasteiger partial charge in [0.05, 0.1) is 16.8 Å². The molecule has 0 saturated heterocycles. The van der Waals surface area contributed by atoms with E-state index in [0.29, 0.717) is 22.3 Å². The quantitative estimate of drug-likeness (QED) is 0.493. The molecule has 126 valence electrons. The van der Waals surface area contributed by atoms with Gasteiger partial charge in [0.25, 0.3) is 11.6 Å². The second-order valence-electron chi connectivity index (χ2n) is 5.36. The Balaban J connectivity index is 1.90. The number of amides is 1. The lowest BCUT2D eigenvalue weighted by molar-refractivity contribution is -0.384. The molecule has 25 heavy (non-hydrogen) atoms. The molecule has 0 spiro atoms. The summed E-state index contributed by atoms with van der Waals surface area (Å²) < 4.78 is 0. The van der Waals surface area contributed by atoms with Crippen LogP contribution in [0, 0.1) is 17.0 Å². The standard InChI is InChI=1S/C16H12N4O5/c1-8-2-3-11(20(24)25)6-12(8)15(21)18-10-4-9-5-13(16(22)23)19-14(9)17-7-10/h2-7H,1H3,(H,17,19)(H,18,21)(H,22,23). The van der Waals surface area contributed by atoms with Crippen LogP contribution in [0.25, 0.3) is 11.0 Å². The highest BCUT2D eigenvalue weighted by atomic mass is 16.6. The van der Waals surface area contributed by atoms with Crippen LogP contribution in [0.3, 0.4) is 0 Å². The van der Waals surface area contributed by atoms with Gasteiger partial charge in [-0.15, -0.1) is 0 Å². The Morgan fingerprint density at radius 3 is 2.72 bits per heavy atom. The Morgan fingerprint density at radius 2 is 2.04 bits per heavy atom. The molecule has 3 N–H and O–H groups in total. The number of carbonyl (C=O) groups excluding carboxylic acids is 1. The number of benzene rings is 1. The highest BCUT2D eigenvalue weighted by Crippen LogP contribution is 2.21. The van der Waals surface area contributed by atoms with E-state index < -0.39 is 16.8 Å². The third-order valence-electron chi connectivity index (χ3n) is 3.63. The van der Waals surface area contributed by atoms with Crippen molar-refractivity contribution in [1.82, 2.24) is 9.97 Å². The fraction of sp³-hybridized carbons (Fsp3) is 0.0625. The highest BCUT2D eigenvalue weighted by Gasteiger charge is 2.16. The number of anilines is 1. The van der Waals surface area contributed by atoms with Crippen LogP contribution in [0.1, 0.15) is 26.4 Å². The number of nitro benzene ring substituents is 1. The molecule has 2 heterocycles. The molecule has 0 unspecified atom stereocenters. The van der Waals surface area contributed by atoms with E-state index in [1.54, 1.807) is 13.0 Å². The van der Waals surface area contributed by atoms with Crippen molar-refractivity contribution in [3.63, 3.8) is 0 Å². The Labute approximate surface area is 140 Å². The number of carboxylic acid groups (broad SMARTS) is 1. The first-order valence-electron chi connectivity index (χ1n) is 7.13. The normalized spacial score (nSPS) is 10.6. The minimum atomic E-state index is -1.11. The first-order valence-corrected chi connectivity index (χ1v) is 7.13. The van der Waals surface area contributed by atoms with Gasteiger partial charge in [-0.25, -0.2) is 9.78 Å². The molecule has 0 aliphatic heterocycles. The topological polar surface area (TPSA) is 138 Å². The van der Waals surface area contributed by atoms with Crippen LogP contribution in [0.5, 0.6) is 0 Å². The number of aromatic nitrogens is 2. The second-order valence-corrected chi connectivity index (χ2v) is 5.36. The largest absolute Gasteiger partial charge is 0.477 e. The highest BCUT2D eigenvalue weighted by molar-refractivity contribution is 6.06. The number of aryl methyl sites for hydroxylation is 1. The molecule has 0 fully saturated rings. The Kier molecular flexibility index (Phi) is 3.89. The molecule has 3 aromatic rings. The molecule has 0 saturated carbocycles. The number of H-pyrrole nitrogens is 1. The van der Waals surface area contributed by atoms with E-state index in [0.717, 1.165) is 0 Å². The lowest BCUT2D eigenvalue weighted by atomic mass is 10.1. The van der Waals surface area contributed by atoms with Crippen LogP contribution >= 0.6 is 0 Å². The number of nitrogens with zero attached hydrogens (tertiary/aromatic N) is 2. The monoisotopic (exact) mass is 340 g/mol. The number of hydrogen-bond donors (Lipinski definition) is 3. The summed E-state index contributed by atoms with van der Waals surface area (Å²) >= 11 is 0. The Morgan fingerprint density at radius 1 is 1.28 bits per heavy atom. The summed E-state index contributed by atoms with van der Waals surface area (Å²) in [6.07, 6.45) is 1.37.